The Morgan fingerprint density at radius 3 is 1.91 bits per heavy atom. The monoisotopic (exact) mass is 213 g/mol. The predicted octanol–water partition coefficient (Wildman–Crippen LogP) is 2.65. The SMILES string of the molecule is Cl[P+]1(Cl)NC2CCCCC2N1. The summed E-state index contributed by atoms with van der Waals surface area (Å²) in [5, 5.41) is 6.53. The summed E-state index contributed by atoms with van der Waals surface area (Å²) in [6.45, 7) is 0. The van der Waals surface area contributed by atoms with E-state index in [1.165, 1.54) is 25.7 Å². The van der Waals surface area contributed by atoms with Crippen LogP contribution in [0.5, 0.6) is 0 Å². The Balaban J connectivity index is 2.03. The second-order valence-electron chi connectivity index (χ2n) is 3.27. The second-order valence-corrected chi connectivity index (χ2v) is 8.37. The number of rotatable bonds is 0. The molecule has 1 aliphatic heterocycles. The van der Waals surface area contributed by atoms with Crippen LogP contribution in [0.2, 0.25) is 0 Å². The van der Waals surface area contributed by atoms with Gasteiger partial charge in [-0.05, 0) is 12.8 Å². The minimum absolute atomic E-state index is 0.534. The fraction of sp³-hybridized carbons (Fsp3) is 1.00. The molecule has 0 amide bonds. The van der Waals surface area contributed by atoms with E-state index in [1.807, 2.05) is 0 Å². The van der Waals surface area contributed by atoms with Crippen molar-refractivity contribution in [2.45, 2.75) is 37.8 Å². The van der Waals surface area contributed by atoms with Gasteiger partial charge in [-0.25, -0.2) is 0 Å². The molecule has 5 heteroatoms. The molecule has 0 bridgehead atoms. The fourth-order valence-electron chi connectivity index (χ4n) is 1.89. The Labute approximate surface area is 77.0 Å². The van der Waals surface area contributed by atoms with E-state index in [-0.39, 0.29) is 0 Å². The Morgan fingerprint density at radius 2 is 1.45 bits per heavy atom. The van der Waals surface area contributed by atoms with Crippen LogP contribution in [-0.2, 0) is 0 Å². The van der Waals surface area contributed by atoms with Gasteiger partial charge in [-0.15, -0.1) is 10.2 Å². The van der Waals surface area contributed by atoms with E-state index in [4.69, 9.17) is 22.5 Å². The van der Waals surface area contributed by atoms with Gasteiger partial charge in [-0.3, -0.25) is 0 Å². The van der Waals surface area contributed by atoms with E-state index in [0.717, 1.165) is 0 Å². The van der Waals surface area contributed by atoms with E-state index in [0.29, 0.717) is 12.1 Å². The van der Waals surface area contributed by atoms with Crippen molar-refractivity contribution in [2.75, 3.05) is 0 Å². The summed E-state index contributed by atoms with van der Waals surface area (Å²) in [6.07, 6.45) is 3.11. The smallest absolute Gasteiger partial charge is 0.142 e. The van der Waals surface area contributed by atoms with Crippen LogP contribution in [-0.4, -0.2) is 12.1 Å². The lowest BCUT2D eigenvalue weighted by molar-refractivity contribution is 0.374. The topological polar surface area (TPSA) is 24.1 Å². The second kappa shape index (κ2) is 3.01. The Morgan fingerprint density at radius 1 is 1.00 bits per heavy atom. The van der Waals surface area contributed by atoms with Crippen LogP contribution in [0.3, 0.4) is 0 Å². The lowest BCUT2D eigenvalue weighted by atomic mass is 9.92. The summed E-state index contributed by atoms with van der Waals surface area (Å²) in [7, 11) is 0. The summed E-state index contributed by atoms with van der Waals surface area (Å²) in [5.74, 6) is 0. The number of halogens is 2. The van der Waals surface area contributed by atoms with Gasteiger partial charge < -0.3 is 0 Å². The third-order valence-corrected chi connectivity index (χ3v) is 4.90. The molecule has 1 heterocycles. The van der Waals surface area contributed by atoms with Crippen molar-refractivity contribution in [1.29, 1.82) is 0 Å². The van der Waals surface area contributed by atoms with Crippen LogP contribution in [0, 0.1) is 0 Å². The Kier molecular flexibility index (Phi) is 2.33. The first-order chi connectivity index (χ1) is 5.17. The third kappa shape index (κ3) is 1.81. The average molecular weight is 214 g/mol. The highest BCUT2D eigenvalue weighted by atomic mass is 35.9. The predicted molar refractivity (Wildman–Crippen MR) is 50.9 cm³/mol. The zero-order chi connectivity index (χ0) is 7.90. The van der Waals surface area contributed by atoms with Crippen LogP contribution < -0.4 is 10.2 Å². The van der Waals surface area contributed by atoms with Crippen LogP contribution >= 0.6 is 28.8 Å². The first-order valence-corrected chi connectivity index (χ1v) is 7.61. The molecule has 2 N–H and O–H groups in total. The van der Waals surface area contributed by atoms with E-state index in [1.54, 1.807) is 0 Å². The minimum atomic E-state index is -1.95. The van der Waals surface area contributed by atoms with Crippen molar-refractivity contribution in [2.24, 2.45) is 0 Å². The normalized spacial score (nSPS) is 42.0. The molecule has 2 atom stereocenters. The highest BCUT2D eigenvalue weighted by molar-refractivity contribution is 8.14. The van der Waals surface area contributed by atoms with Crippen molar-refractivity contribution in [3.63, 3.8) is 0 Å². The van der Waals surface area contributed by atoms with Crippen molar-refractivity contribution >= 4 is 28.8 Å². The molecule has 2 aliphatic rings. The molecule has 0 aromatic heterocycles. The van der Waals surface area contributed by atoms with Gasteiger partial charge in [0.05, 0.1) is 12.1 Å². The first kappa shape index (κ1) is 8.52. The molecule has 2 rings (SSSR count). The molecule has 2 fully saturated rings. The molecule has 0 aromatic rings. The maximum atomic E-state index is 6.00. The molecular formula is C6H12Cl2N2P+. The number of hydrogen-bond acceptors (Lipinski definition) is 2. The molecule has 0 radical (unpaired) electrons. The molecule has 0 aromatic carbocycles. The van der Waals surface area contributed by atoms with Gasteiger partial charge >= 0.3 is 6.27 Å². The Hall–Kier alpha value is 0.930. The minimum Gasteiger partial charge on any atom is -0.142 e. The summed E-state index contributed by atoms with van der Waals surface area (Å²) in [6, 6.07) is 1.07. The average Bonchev–Trinajstić information content (AvgIpc) is 2.21. The number of nitrogens with one attached hydrogen (secondary N) is 2. The lowest BCUT2D eigenvalue weighted by Crippen LogP contribution is -2.36. The highest BCUT2D eigenvalue weighted by Crippen LogP contribution is 2.65. The van der Waals surface area contributed by atoms with Crippen LogP contribution in [0.4, 0.5) is 0 Å². The molecule has 0 spiro atoms. The number of fused-ring (bicyclic) bond motifs is 1. The summed E-state index contributed by atoms with van der Waals surface area (Å²) in [5.41, 5.74) is 0. The standard InChI is InChI=1S/C6H12Cl2N2P/c7-11(8)9-5-3-1-2-4-6(5)10-11/h5-6,9-10H,1-4H2/q+1. The zero-order valence-electron chi connectivity index (χ0n) is 6.19. The van der Waals surface area contributed by atoms with Gasteiger partial charge in [0.2, 0.25) is 0 Å². The largest absolute Gasteiger partial charge is 0.351 e. The van der Waals surface area contributed by atoms with Crippen molar-refractivity contribution in [3.8, 4) is 0 Å². The van der Waals surface area contributed by atoms with Crippen molar-refractivity contribution < 1.29 is 0 Å². The summed E-state index contributed by atoms with van der Waals surface area (Å²) < 4.78 is 0. The summed E-state index contributed by atoms with van der Waals surface area (Å²) in [4.78, 5) is 0. The fourth-order valence-corrected chi connectivity index (χ4v) is 4.92. The van der Waals surface area contributed by atoms with E-state index >= 15 is 0 Å². The molecule has 1 saturated carbocycles. The van der Waals surface area contributed by atoms with Crippen LogP contribution in [0.15, 0.2) is 0 Å². The van der Waals surface area contributed by atoms with Gasteiger partial charge in [0, 0.05) is 0 Å². The quantitative estimate of drug-likeness (QED) is 0.605. The zero-order valence-corrected chi connectivity index (χ0v) is 8.59. The molecule has 1 aliphatic carbocycles. The lowest BCUT2D eigenvalue weighted by Gasteiger charge is -2.20. The van der Waals surface area contributed by atoms with Crippen molar-refractivity contribution in [1.82, 2.24) is 10.2 Å². The van der Waals surface area contributed by atoms with Gasteiger partial charge in [-0.2, -0.15) is 0 Å². The molecule has 2 unspecified atom stereocenters. The maximum absolute atomic E-state index is 6.00. The highest BCUT2D eigenvalue weighted by Gasteiger charge is 2.51. The molecule has 1 saturated heterocycles. The number of hydrogen-bond donors (Lipinski definition) is 2. The van der Waals surface area contributed by atoms with Gasteiger partial charge in [0.15, 0.2) is 22.5 Å². The van der Waals surface area contributed by atoms with E-state index in [2.05, 4.69) is 10.2 Å². The third-order valence-electron chi connectivity index (χ3n) is 2.42. The first-order valence-electron chi connectivity index (χ1n) is 4.01. The van der Waals surface area contributed by atoms with Gasteiger partial charge in [-0.1, -0.05) is 12.8 Å². The van der Waals surface area contributed by atoms with E-state index < -0.39 is 6.27 Å². The van der Waals surface area contributed by atoms with Gasteiger partial charge in [0.25, 0.3) is 0 Å². The van der Waals surface area contributed by atoms with E-state index in [9.17, 15) is 0 Å². The molecule has 64 valence electrons. The summed E-state index contributed by atoms with van der Waals surface area (Å²) >= 11 is 12.0. The Bertz CT molecular complexity index is 149. The maximum Gasteiger partial charge on any atom is 0.351 e. The molecule has 11 heavy (non-hydrogen) atoms. The molecular weight excluding hydrogens is 202 g/mol. The van der Waals surface area contributed by atoms with Crippen molar-refractivity contribution in [3.05, 3.63) is 0 Å². The molecule has 2 nitrogen and oxygen atoms in total. The van der Waals surface area contributed by atoms with Crippen LogP contribution in [0.1, 0.15) is 25.7 Å². The van der Waals surface area contributed by atoms with Crippen LogP contribution in [0.25, 0.3) is 0 Å². The van der Waals surface area contributed by atoms with Gasteiger partial charge in [0.1, 0.15) is 0 Å².